The van der Waals surface area contributed by atoms with Gasteiger partial charge in [-0.1, -0.05) is 13.8 Å². The van der Waals surface area contributed by atoms with Crippen molar-refractivity contribution in [3.8, 4) is 11.5 Å². The van der Waals surface area contributed by atoms with Crippen molar-refractivity contribution in [2.75, 3.05) is 12.4 Å². The lowest BCUT2D eigenvalue weighted by Crippen LogP contribution is -2.13. The molecule has 146 valence electrons. The normalized spacial score (nSPS) is 10.8. The molecule has 0 bridgehead atoms. The molecule has 1 aromatic carbocycles. The van der Waals surface area contributed by atoms with E-state index in [-0.39, 0.29) is 11.8 Å². The third kappa shape index (κ3) is 4.51. The molecular formula is C20H21BrN4O3. The lowest BCUT2D eigenvalue weighted by molar-refractivity contribution is 0.102. The smallest absolute Gasteiger partial charge is 0.277 e. The van der Waals surface area contributed by atoms with Gasteiger partial charge in [-0.2, -0.15) is 5.10 Å². The summed E-state index contributed by atoms with van der Waals surface area (Å²) in [5.41, 5.74) is 2.74. The Hall–Kier alpha value is -2.87. The van der Waals surface area contributed by atoms with Gasteiger partial charge in [0.25, 0.3) is 5.91 Å². The van der Waals surface area contributed by atoms with Crippen LogP contribution in [0, 0.1) is 0 Å². The Labute approximate surface area is 171 Å². The van der Waals surface area contributed by atoms with E-state index in [0.29, 0.717) is 34.0 Å². The van der Waals surface area contributed by atoms with Gasteiger partial charge in [0.1, 0.15) is 6.61 Å². The van der Waals surface area contributed by atoms with Gasteiger partial charge in [0.15, 0.2) is 17.2 Å². The number of hydrogen-bond donors (Lipinski definition) is 2. The van der Waals surface area contributed by atoms with Gasteiger partial charge in [-0.3, -0.25) is 14.9 Å². The Morgan fingerprint density at radius 2 is 1.96 bits per heavy atom. The molecule has 0 fully saturated rings. The van der Waals surface area contributed by atoms with Crippen LogP contribution in [0.1, 0.15) is 41.5 Å². The third-order valence-corrected chi connectivity index (χ3v) is 4.89. The largest absolute Gasteiger partial charge is 0.493 e. The number of H-pyrrole nitrogens is 1. The molecular weight excluding hydrogens is 424 g/mol. The summed E-state index contributed by atoms with van der Waals surface area (Å²) in [5.74, 6) is 1.01. The van der Waals surface area contributed by atoms with Crippen LogP contribution in [-0.2, 0) is 6.61 Å². The fourth-order valence-corrected chi connectivity index (χ4v) is 3.39. The highest BCUT2D eigenvalue weighted by Crippen LogP contribution is 2.32. The SMILES string of the molecule is COc1ccc(NC(=O)c2n[nH]c(C(C)C)c2Br)cc1OCc1ccncc1. The topological polar surface area (TPSA) is 89.1 Å². The van der Waals surface area contributed by atoms with E-state index in [1.807, 2.05) is 26.0 Å². The molecule has 3 rings (SSSR count). The number of amides is 1. The summed E-state index contributed by atoms with van der Waals surface area (Å²) in [4.78, 5) is 16.6. The summed E-state index contributed by atoms with van der Waals surface area (Å²) in [5, 5.41) is 9.86. The standard InChI is InChI=1S/C20H21BrN4O3/c1-12(2)18-17(21)19(25-24-18)20(26)23-14-4-5-15(27-3)16(10-14)28-11-13-6-8-22-9-7-13/h4-10,12H,11H2,1-3H3,(H,23,26)(H,24,25). The molecule has 0 saturated carbocycles. The predicted octanol–water partition coefficient (Wildman–Crippen LogP) is 4.53. The molecule has 3 aromatic rings. The predicted molar refractivity (Wildman–Crippen MR) is 110 cm³/mol. The first-order valence-electron chi connectivity index (χ1n) is 8.74. The van der Waals surface area contributed by atoms with Gasteiger partial charge in [-0.15, -0.1) is 0 Å². The fraction of sp³-hybridized carbons (Fsp3) is 0.250. The van der Waals surface area contributed by atoms with Gasteiger partial charge in [0.05, 0.1) is 17.3 Å². The van der Waals surface area contributed by atoms with E-state index in [4.69, 9.17) is 9.47 Å². The van der Waals surface area contributed by atoms with Crippen LogP contribution >= 0.6 is 15.9 Å². The number of anilines is 1. The molecule has 2 aromatic heterocycles. The minimum atomic E-state index is -0.319. The van der Waals surface area contributed by atoms with E-state index in [1.54, 1.807) is 37.7 Å². The van der Waals surface area contributed by atoms with Crippen LogP contribution in [0.2, 0.25) is 0 Å². The number of benzene rings is 1. The van der Waals surface area contributed by atoms with Crippen LogP contribution < -0.4 is 14.8 Å². The Balaban J connectivity index is 1.76. The first-order valence-corrected chi connectivity index (χ1v) is 9.53. The van der Waals surface area contributed by atoms with Gasteiger partial charge >= 0.3 is 0 Å². The first kappa shape index (κ1) is 19.9. The van der Waals surface area contributed by atoms with Gasteiger partial charge in [0, 0.05) is 24.1 Å². The number of nitrogens with one attached hydrogen (secondary N) is 2. The molecule has 1 amide bonds. The second-order valence-electron chi connectivity index (χ2n) is 6.42. The van der Waals surface area contributed by atoms with Crippen LogP contribution in [0.3, 0.4) is 0 Å². The quantitative estimate of drug-likeness (QED) is 0.558. The maximum absolute atomic E-state index is 12.6. The minimum absolute atomic E-state index is 0.220. The van der Waals surface area contributed by atoms with Crippen LogP contribution in [0.4, 0.5) is 5.69 Å². The maximum atomic E-state index is 12.6. The zero-order valence-electron chi connectivity index (χ0n) is 15.8. The monoisotopic (exact) mass is 444 g/mol. The highest BCUT2D eigenvalue weighted by molar-refractivity contribution is 9.10. The summed E-state index contributed by atoms with van der Waals surface area (Å²) in [7, 11) is 1.57. The number of aromatic nitrogens is 3. The maximum Gasteiger partial charge on any atom is 0.277 e. The van der Waals surface area contributed by atoms with Crippen molar-refractivity contribution in [2.24, 2.45) is 0 Å². The zero-order chi connectivity index (χ0) is 20.1. The number of hydrogen-bond acceptors (Lipinski definition) is 5. The second-order valence-corrected chi connectivity index (χ2v) is 7.21. The van der Waals surface area contributed by atoms with Crippen molar-refractivity contribution in [3.05, 3.63) is 64.1 Å². The van der Waals surface area contributed by atoms with Crippen LogP contribution in [0.25, 0.3) is 0 Å². The van der Waals surface area contributed by atoms with Crippen molar-refractivity contribution in [1.29, 1.82) is 0 Å². The number of rotatable bonds is 7. The van der Waals surface area contributed by atoms with Crippen LogP contribution in [0.5, 0.6) is 11.5 Å². The molecule has 0 aliphatic rings. The molecule has 0 saturated heterocycles. The van der Waals surface area contributed by atoms with Gasteiger partial charge < -0.3 is 14.8 Å². The highest BCUT2D eigenvalue weighted by Gasteiger charge is 2.20. The van der Waals surface area contributed by atoms with E-state index in [0.717, 1.165) is 11.3 Å². The number of aromatic amines is 1. The lowest BCUT2D eigenvalue weighted by atomic mass is 10.1. The van der Waals surface area contributed by atoms with Gasteiger partial charge in [-0.05, 0) is 51.7 Å². The van der Waals surface area contributed by atoms with E-state index in [2.05, 4.69) is 36.4 Å². The lowest BCUT2D eigenvalue weighted by Gasteiger charge is -2.13. The molecule has 0 spiro atoms. The average Bonchev–Trinajstić information content (AvgIpc) is 3.09. The molecule has 2 N–H and O–H groups in total. The molecule has 0 aliphatic carbocycles. The molecule has 7 nitrogen and oxygen atoms in total. The average molecular weight is 445 g/mol. The van der Waals surface area contributed by atoms with Crippen molar-refractivity contribution in [2.45, 2.75) is 26.4 Å². The molecule has 2 heterocycles. The molecule has 28 heavy (non-hydrogen) atoms. The number of pyridine rings is 1. The van der Waals surface area contributed by atoms with Crippen LogP contribution in [-0.4, -0.2) is 28.2 Å². The van der Waals surface area contributed by atoms with Gasteiger partial charge in [-0.25, -0.2) is 0 Å². The Kier molecular flexibility index (Phi) is 6.30. The third-order valence-electron chi connectivity index (χ3n) is 4.09. The van der Waals surface area contributed by atoms with Crippen molar-refractivity contribution >= 4 is 27.5 Å². The molecule has 8 heteroatoms. The van der Waals surface area contributed by atoms with Crippen molar-refractivity contribution in [3.63, 3.8) is 0 Å². The molecule has 0 unspecified atom stereocenters. The van der Waals surface area contributed by atoms with E-state index in [9.17, 15) is 4.79 Å². The Bertz CT molecular complexity index is 957. The number of nitrogens with zero attached hydrogens (tertiary/aromatic N) is 2. The molecule has 0 aliphatic heterocycles. The summed E-state index contributed by atoms with van der Waals surface area (Å²) in [6.45, 7) is 4.41. The summed E-state index contributed by atoms with van der Waals surface area (Å²) >= 11 is 3.45. The number of halogens is 1. The number of carbonyl (C=O) groups excluding carboxylic acids is 1. The first-order chi connectivity index (χ1) is 13.5. The highest BCUT2D eigenvalue weighted by atomic mass is 79.9. The Morgan fingerprint density at radius 1 is 1.21 bits per heavy atom. The minimum Gasteiger partial charge on any atom is -0.493 e. The summed E-state index contributed by atoms with van der Waals surface area (Å²) in [6, 6.07) is 8.97. The number of methoxy groups -OCH3 is 1. The molecule has 0 atom stereocenters. The summed E-state index contributed by atoms with van der Waals surface area (Å²) < 4.78 is 11.9. The van der Waals surface area contributed by atoms with E-state index < -0.39 is 0 Å². The van der Waals surface area contributed by atoms with E-state index >= 15 is 0 Å². The zero-order valence-corrected chi connectivity index (χ0v) is 17.4. The van der Waals surface area contributed by atoms with Crippen LogP contribution in [0.15, 0.2) is 47.2 Å². The van der Waals surface area contributed by atoms with Gasteiger partial charge in [0.2, 0.25) is 0 Å². The van der Waals surface area contributed by atoms with Crippen molar-refractivity contribution in [1.82, 2.24) is 15.2 Å². The summed E-state index contributed by atoms with van der Waals surface area (Å²) in [6.07, 6.45) is 3.42. The Morgan fingerprint density at radius 3 is 2.61 bits per heavy atom. The number of ether oxygens (including phenoxy) is 2. The molecule has 0 radical (unpaired) electrons. The fourth-order valence-electron chi connectivity index (χ4n) is 2.57. The van der Waals surface area contributed by atoms with Crippen molar-refractivity contribution < 1.29 is 14.3 Å². The van der Waals surface area contributed by atoms with E-state index in [1.165, 1.54) is 0 Å². The number of carbonyl (C=O) groups is 1. The second kappa shape index (κ2) is 8.88.